The van der Waals surface area contributed by atoms with Crippen LogP contribution in [0.4, 0.5) is 10.1 Å². The Kier molecular flexibility index (Phi) is 4.42. The minimum Gasteiger partial charge on any atom is -0.392 e. The summed E-state index contributed by atoms with van der Waals surface area (Å²) in [7, 11) is -3.87. The van der Waals surface area contributed by atoms with E-state index in [-0.39, 0.29) is 16.0 Å². The smallest absolute Gasteiger partial charge is 0.261 e. The highest BCUT2D eigenvalue weighted by molar-refractivity contribution is 9.10. The molecule has 7 heteroatoms. The van der Waals surface area contributed by atoms with E-state index in [0.717, 1.165) is 6.07 Å². The molecule has 0 unspecified atom stereocenters. The topological polar surface area (TPSA) is 66.4 Å². The Morgan fingerprint density at radius 3 is 2.60 bits per heavy atom. The Balaban J connectivity index is 2.32. The first-order valence-corrected chi connectivity index (χ1v) is 7.87. The van der Waals surface area contributed by atoms with Crippen LogP contribution in [0.15, 0.2) is 51.8 Å². The van der Waals surface area contributed by atoms with Crippen LogP contribution in [0.2, 0.25) is 0 Å². The van der Waals surface area contributed by atoms with E-state index >= 15 is 0 Å². The van der Waals surface area contributed by atoms with E-state index in [9.17, 15) is 12.8 Å². The first kappa shape index (κ1) is 15.0. The van der Waals surface area contributed by atoms with Crippen LogP contribution >= 0.6 is 15.9 Å². The normalized spacial score (nSPS) is 11.3. The second-order valence-electron chi connectivity index (χ2n) is 4.04. The standard InChI is InChI=1S/C13H11BrFNO3S/c14-12-5-4-11(7-13(12)15)20(18,19)16-10-3-1-2-9(6-10)8-17/h1-7,16-17H,8H2. The Morgan fingerprint density at radius 1 is 1.20 bits per heavy atom. The van der Waals surface area contributed by atoms with Crippen molar-refractivity contribution in [2.45, 2.75) is 11.5 Å². The van der Waals surface area contributed by atoms with E-state index in [1.54, 1.807) is 18.2 Å². The molecule has 0 saturated heterocycles. The van der Waals surface area contributed by atoms with Gasteiger partial charge in [0.25, 0.3) is 10.0 Å². The van der Waals surface area contributed by atoms with Gasteiger partial charge in [-0.2, -0.15) is 0 Å². The maximum absolute atomic E-state index is 13.4. The molecule has 0 aromatic heterocycles. The number of hydrogen-bond acceptors (Lipinski definition) is 3. The number of aliphatic hydroxyl groups is 1. The fraction of sp³-hybridized carbons (Fsp3) is 0.0769. The van der Waals surface area contributed by atoms with Crippen LogP contribution in [-0.4, -0.2) is 13.5 Å². The average Bonchev–Trinajstić information content (AvgIpc) is 2.41. The second-order valence-corrected chi connectivity index (χ2v) is 6.58. The summed E-state index contributed by atoms with van der Waals surface area (Å²) < 4.78 is 40.1. The fourth-order valence-electron chi connectivity index (χ4n) is 1.59. The first-order valence-electron chi connectivity index (χ1n) is 5.60. The third kappa shape index (κ3) is 3.36. The molecule has 20 heavy (non-hydrogen) atoms. The lowest BCUT2D eigenvalue weighted by Crippen LogP contribution is -2.13. The van der Waals surface area contributed by atoms with Crippen LogP contribution in [-0.2, 0) is 16.6 Å². The van der Waals surface area contributed by atoms with Crippen LogP contribution in [0.3, 0.4) is 0 Å². The van der Waals surface area contributed by atoms with E-state index in [4.69, 9.17) is 5.11 Å². The number of halogens is 2. The molecular formula is C13H11BrFNO3S. The van der Waals surface area contributed by atoms with Gasteiger partial charge in [-0.05, 0) is 51.8 Å². The van der Waals surface area contributed by atoms with Crippen molar-refractivity contribution in [1.29, 1.82) is 0 Å². The van der Waals surface area contributed by atoms with E-state index in [2.05, 4.69) is 20.7 Å². The number of aliphatic hydroxyl groups excluding tert-OH is 1. The molecule has 0 aliphatic carbocycles. The highest BCUT2D eigenvalue weighted by Gasteiger charge is 2.16. The highest BCUT2D eigenvalue weighted by atomic mass is 79.9. The number of sulfonamides is 1. The number of rotatable bonds is 4. The van der Waals surface area contributed by atoms with Gasteiger partial charge in [-0.1, -0.05) is 12.1 Å². The Bertz CT molecular complexity index is 734. The van der Waals surface area contributed by atoms with Gasteiger partial charge in [0.05, 0.1) is 16.0 Å². The molecule has 0 fully saturated rings. The quantitative estimate of drug-likeness (QED) is 0.881. The minimum absolute atomic E-state index is 0.174. The average molecular weight is 360 g/mol. The zero-order valence-electron chi connectivity index (χ0n) is 10.2. The van der Waals surface area contributed by atoms with Crippen LogP contribution in [0.5, 0.6) is 0 Å². The molecule has 0 spiro atoms. The summed E-state index contributed by atoms with van der Waals surface area (Å²) in [6, 6.07) is 9.89. The SMILES string of the molecule is O=S(=O)(Nc1cccc(CO)c1)c1ccc(Br)c(F)c1. The summed E-state index contributed by atoms with van der Waals surface area (Å²) in [5.41, 5.74) is 0.882. The minimum atomic E-state index is -3.87. The predicted octanol–water partition coefficient (Wildman–Crippen LogP) is 2.88. The van der Waals surface area contributed by atoms with Gasteiger partial charge in [-0.3, -0.25) is 4.72 Å². The van der Waals surface area contributed by atoms with Crippen LogP contribution < -0.4 is 4.72 Å². The number of anilines is 1. The molecule has 0 atom stereocenters. The van der Waals surface area contributed by atoms with Gasteiger partial charge in [0.15, 0.2) is 0 Å². The molecule has 0 saturated carbocycles. The van der Waals surface area contributed by atoms with E-state index < -0.39 is 15.8 Å². The molecule has 0 bridgehead atoms. The van der Waals surface area contributed by atoms with Crippen LogP contribution in [0.25, 0.3) is 0 Å². The van der Waals surface area contributed by atoms with Crippen LogP contribution in [0.1, 0.15) is 5.56 Å². The van der Waals surface area contributed by atoms with Crippen molar-refractivity contribution in [3.63, 3.8) is 0 Å². The summed E-state index contributed by atoms with van der Waals surface area (Å²) in [6.07, 6.45) is 0. The van der Waals surface area contributed by atoms with Gasteiger partial charge in [0, 0.05) is 5.69 Å². The van der Waals surface area contributed by atoms with Crippen molar-refractivity contribution in [2.24, 2.45) is 0 Å². The molecule has 0 aliphatic rings. The highest BCUT2D eigenvalue weighted by Crippen LogP contribution is 2.22. The molecule has 0 aliphatic heterocycles. The number of hydrogen-bond donors (Lipinski definition) is 2. The van der Waals surface area contributed by atoms with E-state index in [1.165, 1.54) is 18.2 Å². The van der Waals surface area contributed by atoms with Gasteiger partial charge in [-0.25, -0.2) is 12.8 Å². The largest absolute Gasteiger partial charge is 0.392 e. The lowest BCUT2D eigenvalue weighted by molar-refractivity contribution is 0.282. The first-order chi connectivity index (χ1) is 9.42. The fourth-order valence-corrected chi connectivity index (χ4v) is 2.90. The third-order valence-electron chi connectivity index (χ3n) is 2.56. The van der Waals surface area contributed by atoms with Crippen molar-refractivity contribution in [1.82, 2.24) is 0 Å². The zero-order valence-corrected chi connectivity index (χ0v) is 12.6. The van der Waals surface area contributed by atoms with Gasteiger partial charge in [-0.15, -0.1) is 0 Å². The number of benzene rings is 2. The molecule has 0 amide bonds. The lowest BCUT2D eigenvalue weighted by Gasteiger charge is -2.09. The zero-order chi connectivity index (χ0) is 14.8. The van der Waals surface area contributed by atoms with Gasteiger partial charge >= 0.3 is 0 Å². The summed E-state index contributed by atoms with van der Waals surface area (Å²) in [5.74, 6) is -0.656. The Hall–Kier alpha value is -1.44. The number of nitrogens with one attached hydrogen (secondary N) is 1. The van der Waals surface area contributed by atoms with Crippen molar-refractivity contribution in [3.8, 4) is 0 Å². The van der Waals surface area contributed by atoms with E-state index in [0.29, 0.717) is 11.3 Å². The maximum Gasteiger partial charge on any atom is 0.261 e. The lowest BCUT2D eigenvalue weighted by atomic mass is 10.2. The summed E-state index contributed by atoms with van der Waals surface area (Å²) in [6.45, 7) is -0.192. The molecule has 2 aromatic carbocycles. The molecule has 0 radical (unpaired) electrons. The second kappa shape index (κ2) is 5.90. The Morgan fingerprint density at radius 2 is 1.95 bits per heavy atom. The summed E-state index contributed by atoms with van der Waals surface area (Å²) >= 11 is 2.96. The molecular weight excluding hydrogens is 349 g/mol. The molecule has 2 N–H and O–H groups in total. The molecule has 0 heterocycles. The molecule has 2 aromatic rings. The predicted molar refractivity (Wildman–Crippen MR) is 77.3 cm³/mol. The monoisotopic (exact) mass is 359 g/mol. The van der Waals surface area contributed by atoms with Crippen molar-refractivity contribution in [3.05, 3.63) is 58.3 Å². The summed E-state index contributed by atoms with van der Waals surface area (Å²) in [5, 5.41) is 9.01. The van der Waals surface area contributed by atoms with Crippen LogP contribution in [0, 0.1) is 5.82 Å². The van der Waals surface area contributed by atoms with Crippen molar-refractivity contribution in [2.75, 3.05) is 4.72 Å². The maximum atomic E-state index is 13.4. The van der Waals surface area contributed by atoms with Gasteiger partial charge in [0.1, 0.15) is 5.82 Å². The van der Waals surface area contributed by atoms with Crippen molar-refractivity contribution >= 4 is 31.6 Å². The summed E-state index contributed by atoms with van der Waals surface area (Å²) in [4.78, 5) is -0.174. The molecule has 106 valence electrons. The van der Waals surface area contributed by atoms with E-state index in [1.807, 2.05) is 0 Å². The Labute approximate surface area is 124 Å². The molecule has 2 rings (SSSR count). The van der Waals surface area contributed by atoms with Crippen molar-refractivity contribution < 1.29 is 17.9 Å². The van der Waals surface area contributed by atoms with Gasteiger partial charge < -0.3 is 5.11 Å². The molecule has 4 nitrogen and oxygen atoms in total. The third-order valence-corrected chi connectivity index (χ3v) is 4.59. The van der Waals surface area contributed by atoms with Gasteiger partial charge in [0.2, 0.25) is 0 Å².